The molecule has 1 aliphatic carbocycles. The number of hydrogen-bond donors (Lipinski definition) is 2. The number of aliphatic carboxylic acids is 1. The number of carbonyl (C=O) groups excluding carboxylic acids is 1. The van der Waals surface area contributed by atoms with Gasteiger partial charge in [-0.3, -0.25) is 9.59 Å². The maximum atomic E-state index is 12.4. The van der Waals surface area contributed by atoms with Crippen LogP contribution >= 0.6 is 0 Å². The fraction of sp³-hybridized carbons (Fsp3) is 0.500. The summed E-state index contributed by atoms with van der Waals surface area (Å²) in [4.78, 5) is 23.7. The van der Waals surface area contributed by atoms with Crippen molar-refractivity contribution >= 4 is 11.9 Å². The van der Waals surface area contributed by atoms with Gasteiger partial charge in [0.25, 0.3) is 0 Å². The SMILES string of the molecule is CC(C)(NC(=O)C1Cc2ccccc21)C(C)(C)C(=O)O. The van der Waals surface area contributed by atoms with Crippen LogP contribution in [0.4, 0.5) is 0 Å². The van der Waals surface area contributed by atoms with Crippen LogP contribution in [-0.4, -0.2) is 22.5 Å². The lowest BCUT2D eigenvalue weighted by atomic mass is 9.72. The van der Waals surface area contributed by atoms with Crippen LogP contribution < -0.4 is 5.32 Å². The highest BCUT2D eigenvalue weighted by molar-refractivity contribution is 5.88. The summed E-state index contributed by atoms with van der Waals surface area (Å²) in [7, 11) is 0. The first kappa shape index (κ1) is 14.6. The molecule has 108 valence electrons. The van der Waals surface area contributed by atoms with Gasteiger partial charge in [0.1, 0.15) is 0 Å². The third-order valence-corrected chi connectivity index (χ3v) is 4.70. The van der Waals surface area contributed by atoms with E-state index in [0.717, 1.165) is 12.0 Å². The molecule has 1 aromatic rings. The summed E-state index contributed by atoms with van der Waals surface area (Å²) in [5, 5.41) is 12.2. The van der Waals surface area contributed by atoms with Crippen molar-refractivity contribution in [2.24, 2.45) is 5.41 Å². The van der Waals surface area contributed by atoms with Crippen molar-refractivity contribution in [1.82, 2.24) is 5.32 Å². The summed E-state index contributed by atoms with van der Waals surface area (Å²) < 4.78 is 0. The highest BCUT2D eigenvalue weighted by Gasteiger charge is 2.46. The number of nitrogens with one attached hydrogen (secondary N) is 1. The molecule has 0 saturated heterocycles. The second kappa shape index (κ2) is 4.62. The van der Waals surface area contributed by atoms with Gasteiger partial charge in [0.15, 0.2) is 0 Å². The Hall–Kier alpha value is -1.84. The van der Waals surface area contributed by atoms with Crippen molar-refractivity contribution in [3.8, 4) is 0 Å². The van der Waals surface area contributed by atoms with E-state index in [1.54, 1.807) is 27.7 Å². The Kier molecular flexibility index (Phi) is 3.36. The molecular weight excluding hydrogens is 254 g/mol. The summed E-state index contributed by atoms with van der Waals surface area (Å²) in [6.45, 7) is 6.77. The normalized spacial score (nSPS) is 17.9. The molecule has 0 fully saturated rings. The van der Waals surface area contributed by atoms with Crippen LogP contribution in [0.3, 0.4) is 0 Å². The van der Waals surface area contributed by atoms with Gasteiger partial charge in [-0.1, -0.05) is 24.3 Å². The summed E-state index contributed by atoms with van der Waals surface area (Å²) in [6.07, 6.45) is 0.728. The fourth-order valence-electron chi connectivity index (χ4n) is 2.31. The minimum atomic E-state index is -1.04. The van der Waals surface area contributed by atoms with Gasteiger partial charge in [-0.05, 0) is 45.2 Å². The van der Waals surface area contributed by atoms with E-state index in [0.29, 0.717) is 0 Å². The average Bonchev–Trinajstić information content (AvgIpc) is 2.29. The van der Waals surface area contributed by atoms with Gasteiger partial charge in [-0.2, -0.15) is 0 Å². The second-order valence-electron chi connectivity index (χ2n) is 6.50. The third-order valence-electron chi connectivity index (χ3n) is 4.70. The number of carboxylic acids is 1. The summed E-state index contributed by atoms with van der Waals surface area (Å²) in [6, 6.07) is 7.86. The monoisotopic (exact) mass is 275 g/mol. The summed E-state index contributed by atoms with van der Waals surface area (Å²) >= 11 is 0. The Morgan fingerprint density at radius 2 is 1.80 bits per heavy atom. The predicted octanol–water partition coefficient (Wildman–Crippen LogP) is 2.33. The van der Waals surface area contributed by atoms with Crippen LogP contribution in [0.2, 0.25) is 0 Å². The number of rotatable bonds is 4. The van der Waals surface area contributed by atoms with Crippen LogP contribution in [0.1, 0.15) is 44.7 Å². The number of benzene rings is 1. The Morgan fingerprint density at radius 1 is 1.20 bits per heavy atom. The lowest BCUT2D eigenvalue weighted by molar-refractivity contribution is -0.152. The second-order valence-corrected chi connectivity index (χ2v) is 6.50. The fourth-order valence-corrected chi connectivity index (χ4v) is 2.31. The molecule has 2 N–H and O–H groups in total. The lowest BCUT2D eigenvalue weighted by Gasteiger charge is -2.41. The van der Waals surface area contributed by atoms with E-state index in [2.05, 4.69) is 5.32 Å². The van der Waals surface area contributed by atoms with Crippen molar-refractivity contribution in [2.45, 2.75) is 45.6 Å². The van der Waals surface area contributed by atoms with Gasteiger partial charge >= 0.3 is 5.97 Å². The number of carboxylic acid groups (broad SMARTS) is 1. The minimum absolute atomic E-state index is 0.0944. The van der Waals surface area contributed by atoms with E-state index in [4.69, 9.17) is 0 Å². The Bertz CT molecular complexity index is 561. The topological polar surface area (TPSA) is 66.4 Å². The van der Waals surface area contributed by atoms with Gasteiger partial charge in [0.05, 0.1) is 11.3 Å². The van der Waals surface area contributed by atoms with E-state index in [9.17, 15) is 14.7 Å². The Balaban J connectivity index is 2.12. The van der Waals surface area contributed by atoms with Crippen LogP contribution in [0.25, 0.3) is 0 Å². The number of carbonyl (C=O) groups is 2. The molecule has 1 atom stereocenters. The molecule has 0 aromatic heterocycles. The van der Waals surface area contributed by atoms with Crippen molar-refractivity contribution < 1.29 is 14.7 Å². The molecule has 0 radical (unpaired) electrons. The highest BCUT2D eigenvalue weighted by atomic mass is 16.4. The smallest absolute Gasteiger partial charge is 0.311 e. The van der Waals surface area contributed by atoms with Crippen molar-refractivity contribution in [2.75, 3.05) is 0 Å². The molecule has 1 aliphatic rings. The number of hydrogen-bond acceptors (Lipinski definition) is 2. The molecular formula is C16H21NO3. The summed E-state index contributed by atoms with van der Waals surface area (Å²) in [5.41, 5.74) is 0.392. The maximum absolute atomic E-state index is 12.4. The van der Waals surface area contributed by atoms with E-state index >= 15 is 0 Å². The minimum Gasteiger partial charge on any atom is -0.481 e. The molecule has 0 heterocycles. The molecule has 0 saturated carbocycles. The van der Waals surface area contributed by atoms with Crippen LogP contribution in [-0.2, 0) is 16.0 Å². The van der Waals surface area contributed by atoms with Crippen LogP contribution in [0.5, 0.6) is 0 Å². The Labute approximate surface area is 119 Å². The zero-order valence-corrected chi connectivity index (χ0v) is 12.4. The highest BCUT2D eigenvalue weighted by Crippen LogP contribution is 2.37. The average molecular weight is 275 g/mol. The van der Waals surface area contributed by atoms with Crippen molar-refractivity contribution in [1.29, 1.82) is 0 Å². The molecule has 4 nitrogen and oxygen atoms in total. The lowest BCUT2D eigenvalue weighted by Crippen LogP contribution is -2.58. The standard InChI is InChI=1S/C16H21NO3/c1-15(2,14(19)20)16(3,4)17-13(18)12-9-10-7-5-6-8-11(10)12/h5-8,12H,9H2,1-4H3,(H,17,18)(H,19,20). The van der Waals surface area contributed by atoms with Crippen molar-refractivity contribution in [3.63, 3.8) is 0 Å². The predicted molar refractivity (Wildman–Crippen MR) is 76.5 cm³/mol. The molecule has 0 bridgehead atoms. The van der Waals surface area contributed by atoms with Gasteiger partial charge < -0.3 is 10.4 Å². The zero-order chi connectivity index (χ0) is 15.1. The molecule has 4 heteroatoms. The molecule has 1 unspecified atom stereocenters. The van der Waals surface area contributed by atoms with Crippen LogP contribution in [0.15, 0.2) is 24.3 Å². The van der Waals surface area contributed by atoms with Gasteiger partial charge in [0.2, 0.25) is 5.91 Å². The molecule has 20 heavy (non-hydrogen) atoms. The molecule has 1 amide bonds. The van der Waals surface area contributed by atoms with Crippen LogP contribution in [0, 0.1) is 5.41 Å². The molecule has 2 rings (SSSR count). The Morgan fingerprint density at radius 3 is 2.35 bits per heavy atom. The largest absolute Gasteiger partial charge is 0.481 e. The van der Waals surface area contributed by atoms with E-state index in [1.807, 2.05) is 24.3 Å². The van der Waals surface area contributed by atoms with Gasteiger partial charge in [-0.25, -0.2) is 0 Å². The number of fused-ring (bicyclic) bond motifs is 1. The summed E-state index contributed by atoms with van der Waals surface area (Å²) in [5.74, 6) is -1.17. The molecule has 0 aliphatic heterocycles. The van der Waals surface area contributed by atoms with E-state index in [1.165, 1.54) is 5.56 Å². The maximum Gasteiger partial charge on any atom is 0.311 e. The van der Waals surface area contributed by atoms with Crippen molar-refractivity contribution in [3.05, 3.63) is 35.4 Å². The quantitative estimate of drug-likeness (QED) is 0.886. The zero-order valence-electron chi connectivity index (χ0n) is 12.4. The number of amides is 1. The first-order valence-electron chi connectivity index (χ1n) is 6.80. The molecule has 1 aromatic carbocycles. The first-order valence-corrected chi connectivity index (χ1v) is 6.80. The van der Waals surface area contributed by atoms with E-state index < -0.39 is 16.9 Å². The van der Waals surface area contributed by atoms with Gasteiger partial charge in [0, 0.05) is 5.54 Å². The first-order chi connectivity index (χ1) is 9.17. The van der Waals surface area contributed by atoms with Gasteiger partial charge in [-0.15, -0.1) is 0 Å². The third kappa shape index (κ3) is 2.19. The molecule has 0 spiro atoms. The van der Waals surface area contributed by atoms with E-state index in [-0.39, 0.29) is 11.8 Å².